The largest absolute Gasteiger partial charge is 0.314 e. The van der Waals surface area contributed by atoms with Crippen LogP contribution in [0.25, 0.3) is 0 Å². The molecule has 1 heterocycles. The van der Waals surface area contributed by atoms with Crippen molar-refractivity contribution in [1.29, 1.82) is 0 Å². The third-order valence-corrected chi connectivity index (χ3v) is 4.69. The van der Waals surface area contributed by atoms with E-state index in [1.165, 1.54) is 11.1 Å². The highest BCUT2D eigenvalue weighted by atomic mass is 35.5. The Morgan fingerprint density at radius 1 is 1.05 bits per heavy atom. The monoisotopic (exact) mass is 334 g/mol. The molecule has 116 valence electrons. The minimum Gasteiger partial charge on any atom is -0.314 e. The molecule has 2 aromatic rings. The van der Waals surface area contributed by atoms with Gasteiger partial charge in [0.2, 0.25) is 0 Å². The third-order valence-electron chi connectivity index (χ3n) is 4.13. The van der Waals surface area contributed by atoms with Crippen molar-refractivity contribution in [3.63, 3.8) is 0 Å². The van der Waals surface area contributed by atoms with E-state index in [2.05, 4.69) is 47.5 Å². The minimum absolute atomic E-state index is 0.173. The van der Waals surface area contributed by atoms with Crippen LogP contribution in [0.2, 0.25) is 10.0 Å². The number of nitrogens with zero attached hydrogens (tertiary/aromatic N) is 1. The fraction of sp³-hybridized carbons (Fsp3) is 0.333. The quantitative estimate of drug-likeness (QED) is 0.900. The molecule has 1 saturated heterocycles. The molecule has 0 aromatic heterocycles. The van der Waals surface area contributed by atoms with Crippen LogP contribution in [0.1, 0.15) is 22.7 Å². The summed E-state index contributed by atoms with van der Waals surface area (Å²) in [6.07, 6.45) is 0. The van der Waals surface area contributed by atoms with Crippen LogP contribution in [-0.4, -0.2) is 31.1 Å². The molecule has 0 amide bonds. The number of hydrogen-bond donors (Lipinski definition) is 1. The first kappa shape index (κ1) is 15.8. The van der Waals surface area contributed by atoms with Crippen molar-refractivity contribution in [2.75, 3.05) is 26.2 Å². The van der Waals surface area contributed by atoms with Gasteiger partial charge in [-0.25, -0.2) is 0 Å². The fourth-order valence-electron chi connectivity index (χ4n) is 3.09. The Morgan fingerprint density at radius 2 is 1.82 bits per heavy atom. The van der Waals surface area contributed by atoms with Gasteiger partial charge in [0.15, 0.2) is 0 Å². The molecule has 1 atom stereocenters. The highest BCUT2D eigenvalue weighted by Gasteiger charge is 2.25. The van der Waals surface area contributed by atoms with E-state index in [0.717, 1.165) is 36.8 Å². The SMILES string of the molecule is Cc1cccc(C(c2ccc(Cl)cc2Cl)N2CCNCC2)c1. The summed E-state index contributed by atoms with van der Waals surface area (Å²) in [7, 11) is 0. The molecule has 0 saturated carbocycles. The molecule has 0 spiro atoms. The van der Waals surface area contributed by atoms with Gasteiger partial charge < -0.3 is 5.32 Å². The number of aryl methyl sites for hydroxylation is 1. The number of benzene rings is 2. The molecule has 1 fully saturated rings. The van der Waals surface area contributed by atoms with Crippen LogP contribution in [0.15, 0.2) is 42.5 Å². The van der Waals surface area contributed by atoms with Gasteiger partial charge in [0.25, 0.3) is 0 Å². The van der Waals surface area contributed by atoms with Gasteiger partial charge in [0.05, 0.1) is 6.04 Å². The van der Waals surface area contributed by atoms with E-state index in [1.807, 2.05) is 12.1 Å². The zero-order valence-corrected chi connectivity index (χ0v) is 14.2. The lowest BCUT2D eigenvalue weighted by Crippen LogP contribution is -2.45. The second-order valence-electron chi connectivity index (χ2n) is 5.77. The lowest BCUT2D eigenvalue weighted by atomic mass is 9.95. The van der Waals surface area contributed by atoms with Gasteiger partial charge in [-0.05, 0) is 30.2 Å². The van der Waals surface area contributed by atoms with Crippen molar-refractivity contribution in [2.24, 2.45) is 0 Å². The van der Waals surface area contributed by atoms with Gasteiger partial charge in [-0.1, -0.05) is 59.1 Å². The Balaban J connectivity index is 2.05. The van der Waals surface area contributed by atoms with Gasteiger partial charge >= 0.3 is 0 Å². The lowest BCUT2D eigenvalue weighted by Gasteiger charge is -2.36. The number of rotatable bonds is 3. The first-order chi connectivity index (χ1) is 10.6. The second-order valence-corrected chi connectivity index (χ2v) is 6.61. The summed E-state index contributed by atoms with van der Waals surface area (Å²) in [5.74, 6) is 0. The molecule has 1 aliphatic heterocycles. The van der Waals surface area contributed by atoms with Crippen molar-refractivity contribution in [2.45, 2.75) is 13.0 Å². The maximum Gasteiger partial charge on any atom is 0.0617 e. The molecule has 0 bridgehead atoms. The first-order valence-electron chi connectivity index (χ1n) is 7.61. The van der Waals surface area contributed by atoms with Gasteiger partial charge in [-0.2, -0.15) is 0 Å². The molecular formula is C18H20Cl2N2. The van der Waals surface area contributed by atoms with E-state index in [0.29, 0.717) is 5.02 Å². The number of nitrogens with one attached hydrogen (secondary N) is 1. The smallest absolute Gasteiger partial charge is 0.0617 e. The summed E-state index contributed by atoms with van der Waals surface area (Å²) in [4.78, 5) is 2.49. The van der Waals surface area contributed by atoms with Gasteiger partial charge in [-0.15, -0.1) is 0 Å². The van der Waals surface area contributed by atoms with Gasteiger partial charge in [0.1, 0.15) is 0 Å². The van der Waals surface area contributed by atoms with Crippen molar-refractivity contribution < 1.29 is 0 Å². The summed E-state index contributed by atoms with van der Waals surface area (Å²) in [6.45, 7) is 6.16. The average molecular weight is 335 g/mol. The maximum absolute atomic E-state index is 6.51. The second kappa shape index (κ2) is 7.01. The van der Waals surface area contributed by atoms with Crippen LogP contribution < -0.4 is 5.32 Å². The van der Waals surface area contributed by atoms with Gasteiger partial charge in [0, 0.05) is 36.2 Å². The highest BCUT2D eigenvalue weighted by Crippen LogP contribution is 2.35. The summed E-state index contributed by atoms with van der Waals surface area (Å²) in [5.41, 5.74) is 3.67. The summed E-state index contributed by atoms with van der Waals surface area (Å²) >= 11 is 12.6. The Labute approximate surface area is 142 Å². The van der Waals surface area contributed by atoms with Crippen molar-refractivity contribution in [3.8, 4) is 0 Å². The number of halogens is 2. The summed E-state index contributed by atoms with van der Waals surface area (Å²) in [5, 5.41) is 4.82. The van der Waals surface area contributed by atoms with E-state index >= 15 is 0 Å². The molecule has 1 N–H and O–H groups in total. The molecule has 2 nitrogen and oxygen atoms in total. The average Bonchev–Trinajstić information content (AvgIpc) is 2.51. The molecule has 22 heavy (non-hydrogen) atoms. The lowest BCUT2D eigenvalue weighted by molar-refractivity contribution is 0.198. The predicted molar refractivity (Wildman–Crippen MR) is 93.9 cm³/mol. The minimum atomic E-state index is 0.173. The van der Waals surface area contributed by atoms with Crippen LogP contribution in [0.4, 0.5) is 0 Å². The van der Waals surface area contributed by atoms with Crippen LogP contribution in [-0.2, 0) is 0 Å². The van der Waals surface area contributed by atoms with Crippen LogP contribution >= 0.6 is 23.2 Å². The molecule has 2 aromatic carbocycles. The molecular weight excluding hydrogens is 315 g/mol. The fourth-order valence-corrected chi connectivity index (χ4v) is 3.60. The zero-order chi connectivity index (χ0) is 15.5. The number of piperazine rings is 1. The highest BCUT2D eigenvalue weighted by molar-refractivity contribution is 6.35. The van der Waals surface area contributed by atoms with Crippen LogP contribution in [0.3, 0.4) is 0 Å². The molecule has 1 aliphatic rings. The first-order valence-corrected chi connectivity index (χ1v) is 8.37. The van der Waals surface area contributed by atoms with Crippen LogP contribution in [0.5, 0.6) is 0 Å². The predicted octanol–water partition coefficient (Wildman–Crippen LogP) is 4.30. The van der Waals surface area contributed by atoms with Crippen molar-refractivity contribution in [1.82, 2.24) is 10.2 Å². The maximum atomic E-state index is 6.51. The van der Waals surface area contributed by atoms with E-state index in [4.69, 9.17) is 23.2 Å². The van der Waals surface area contributed by atoms with E-state index in [-0.39, 0.29) is 6.04 Å². The normalized spacial score (nSPS) is 17.4. The Kier molecular flexibility index (Phi) is 5.04. The topological polar surface area (TPSA) is 15.3 Å². The van der Waals surface area contributed by atoms with E-state index < -0.39 is 0 Å². The zero-order valence-electron chi connectivity index (χ0n) is 12.7. The molecule has 4 heteroatoms. The van der Waals surface area contributed by atoms with Gasteiger partial charge in [-0.3, -0.25) is 4.90 Å². The molecule has 0 aliphatic carbocycles. The standard InChI is InChI=1S/C18H20Cl2N2/c1-13-3-2-4-14(11-13)18(22-9-7-21-8-10-22)16-6-5-15(19)12-17(16)20/h2-6,11-12,18,21H,7-10H2,1H3. The van der Waals surface area contributed by atoms with E-state index in [9.17, 15) is 0 Å². The van der Waals surface area contributed by atoms with Crippen LogP contribution in [0, 0.1) is 6.92 Å². The molecule has 3 rings (SSSR count). The Bertz CT molecular complexity index is 651. The van der Waals surface area contributed by atoms with Crippen molar-refractivity contribution in [3.05, 3.63) is 69.2 Å². The van der Waals surface area contributed by atoms with E-state index in [1.54, 1.807) is 0 Å². The molecule has 1 unspecified atom stereocenters. The number of hydrogen-bond acceptors (Lipinski definition) is 2. The Hall–Kier alpha value is -1.06. The Morgan fingerprint density at radius 3 is 2.50 bits per heavy atom. The third kappa shape index (κ3) is 3.47. The molecule has 0 radical (unpaired) electrons. The summed E-state index contributed by atoms with van der Waals surface area (Å²) in [6, 6.07) is 14.7. The summed E-state index contributed by atoms with van der Waals surface area (Å²) < 4.78 is 0. The van der Waals surface area contributed by atoms with Crippen molar-refractivity contribution >= 4 is 23.2 Å².